The summed E-state index contributed by atoms with van der Waals surface area (Å²) in [6, 6.07) is 67.8. The molecular formula is C74H74BN3O. The summed E-state index contributed by atoms with van der Waals surface area (Å²) in [6.07, 6.45) is 0. The molecule has 0 bridgehead atoms. The summed E-state index contributed by atoms with van der Waals surface area (Å²) in [4.78, 5) is 5.19. The molecule has 0 saturated heterocycles. The number of hydrogen-bond donors (Lipinski definition) is 0. The number of benzene rings is 9. The highest BCUT2D eigenvalue weighted by Crippen LogP contribution is 2.49. The SMILES string of the molecule is CC(C)(C)c1ccc(N2c3ccc(C(C)(C)C)cc3B3c4cc5c6cc(C(C)(C)C)ccc6n(-c6ccc(C(C)(C)C)cc6)c5cc4N(c4ccc(-c5ccc6c(c5)oc5ccccc56)cc4)c4cc(C(C)(C)C)cc2c43)cc1. The zero-order chi connectivity index (χ0) is 55.5. The third-order valence-electron chi connectivity index (χ3n) is 17.4. The van der Waals surface area contributed by atoms with Crippen molar-refractivity contribution in [3.8, 4) is 16.8 Å². The molecule has 4 heterocycles. The van der Waals surface area contributed by atoms with E-state index in [4.69, 9.17) is 4.42 Å². The molecule has 5 heteroatoms. The molecule has 0 aliphatic carbocycles. The van der Waals surface area contributed by atoms with Crippen LogP contribution < -0.4 is 26.2 Å². The van der Waals surface area contributed by atoms with Gasteiger partial charge in [-0.2, -0.15) is 0 Å². The molecule has 0 saturated carbocycles. The van der Waals surface area contributed by atoms with Crippen molar-refractivity contribution < 1.29 is 4.42 Å². The van der Waals surface area contributed by atoms with Gasteiger partial charge in [-0.15, -0.1) is 0 Å². The fourth-order valence-electron chi connectivity index (χ4n) is 12.6. The van der Waals surface area contributed by atoms with Gasteiger partial charge in [0, 0.05) is 61.4 Å². The van der Waals surface area contributed by atoms with Crippen LogP contribution in [0.2, 0.25) is 0 Å². The second-order valence-electron chi connectivity index (χ2n) is 28.0. The lowest BCUT2D eigenvalue weighted by Gasteiger charge is -2.45. The Morgan fingerprint density at radius 1 is 0.316 bits per heavy atom. The molecule has 13 rings (SSSR count). The van der Waals surface area contributed by atoms with Crippen molar-refractivity contribution >= 4 is 101 Å². The predicted octanol–water partition coefficient (Wildman–Crippen LogP) is 18.9. The lowest BCUT2D eigenvalue weighted by atomic mass is 9.33. The van der Waals surface area contributed by atoms with Crippen LogP contribution in [-0.4, -0.2) is 11.3 Å². The van der Waals surface area contributed by atoms with E-state index in [-0.39, 0.29) is 33.8 Å². The van der Waals surface area contributed by atoms with Crippen LogP contribution in [0, 0.1) is 0 Å². The molecule has 0 spiro atoms. The minimum absolute atomic E-state index is 0.0221. The van der Waals surface area contributed by atoms with E-state index in [1.807, 2.05) is 6.07 Å². The summed E-state index contributed by atoms with van der Waals surface area (Å²) >= 11 is 0. The highest BCUT2D eigenvalue weighted by molar-refractivity contribution is 7.00. The van der Waals surface area contributed by atoms with E-state index in [0.717, 1.165) is 44.4 Å². The van der Waals surface area contributed by atoms with Gasteiger partial charge in [0.15, 0.2) is 0 Å². The summed E-state index contributed by atoms with van der Waals surface area (Å²) in [5, 5.41) is 4.82. The largest absolute Gasteiger partial charge is 0.456 e. The molecule has 79 heavy (non-hydrogen) atoms. The van der Waals surface area contributed by atoms with Crippen molar-refractivity contribution in [3.63, 3.8) is 0 Å². The van der Waals surface area contributed by atoms with Crippen molar-refractivity contribution in [1.29, 1.82) is 0 Å². The molecule has 394 valence electrons. The van der Waals surface area contributed by atoms with Crippen LogP contribution >= 0.6 is 0 Å². The van der Waals surface area contributed by atoms with Crippen molar-refractivity contribution in [2.45, 2.75) is 131 Å². The van der Waals surface area contributed by atoms with Crippen LogP contribution in [0.1, 0.15) is 132 Å². The number of furan rings is 1. The van der Waals surface area contributed by atoms with Gasteiger partial charge < -0.3 is 18.8 Å². The smallest absolute Gasteiger partial charge is 0.252 e. The molecule has 0 fully saturated rings. The van der Waals surface area contributed by atoms with Gasteiger partial charge in [0.05, 0.1) is 11.0 Å². The van der Waals surface area contributed by atoms with Crippen molar-refractivity contribution in [2.24, 2.45) is 0 Å². The van der Waals surface area contributed by atoms with Gasteiger partial charge in [-0.1, -0.05) is 189 Å². The molecule has 11 aromatic rings. The Hall–Kier alpha value is -7.76. The molecule has 2 aromatic heterocycles. The van der Waals surface area contributed by atoms with E-state index in [2.05, 4.69) is 288 Å². The third-order valence-corrected chi connectivity index (χ3v) is 17.4. The minimum atomic E-state index is -0.162. The average Bonchev–Trinajstić information content (AvgIpc) is 3.50. The lowest BCUT2D eigenvalue weighted by Crippen LogP contribution is -2.61. The van der Waals surface area contributed by atoms with Crippen LogP contribution in [-0.2, 0) is 27.1 Å². The first-order valence-electron chi connectivity index (χ1n) is 28.6. The second kappa shape index (κ2) is 17.4. The number of fused-ring (bicyclic) bond motifs is 10. The topological polar surface area (TPSA) is 24.6 Å². The normalized spacial score (nSPS) is 13.9. The Bertz CT molecular complexity index is 4250. The molecule has 4 nitrogen and oxygen atoms in total. The molecule has 0 radical (unpaired) electrons. The predicted molar refractivity (Wildman–Crippen MR) is 341 cm³/mol. The van der Waals surface area contributed by atoms with Gasteiger partial charge in [0.2, 0.25) is 0 Å². The van der Waals surface area contributed by atoms with Gasteiger partial charge in [0.1, 0.15) is 11.2 Å². The first kappa shape index (κ1) is 50.7. The molecular weight excluding hydrogens is 958 g/mol. The van der Waals surface area contributed by atoms with Gasteiger partial charge in [0.25, 0.3) is 6.71 Å². The van der Waals surface area contributed by atoms with Gasteiger partial charge in [-0.05, 0) is 173 Å². The standard InChI is InChI=1S/C74H74BN3O/c1-70(2,3)47-23-31-53(32-24-47)76-61-36-27-49(72(7,8)9)39-57(61)58-43-60-64(44-63(58)76)78(52-29-20-45(21-30-52)46-22-35-56-55-18-16-17-19-67(55)79-68(56)38-46)66-42-51(74(13,14)15)41-65-69(66)75(60)59-40-50(73(10,11)12)28-37-62(59)77(65)54-33-25-48(26-34-54)71(4,5)6/h16-44H,1-15H3. The summed E-state index contributed by atoms with van der Waals surface area (Å²) in [7, 11) is 0. The first-order chi connectivity index (χ1) is 37.3. The number of aromatic nitrogens is 1. The number of hydrogen-bond acceptors (Lipinski definition) is 3. The van der Waals surface area contributed by atoms with Crippen molar-refractivity contribution in [3.05, 3.63) is 204 Å². The van der Waals surface area contributed by atoms with Gasteiger partial charge >= 0.3 is 0 Å². The molecule has 0 unspecified atom stereocenters. The maximum Gasteiger partial charge on any atom is 0.252 e. The molecule has 0 atom stereocenters. The quantitative estimate of drug-likeness (QED) is 0.164. The summed E-state index contributed by atoms with van der Waals surface area (Å²) in [5.41, 5.74) is 25.1. The molecule has 2 aliphatic rings. The maximum absolute atomic E-state index is 6.43. The Balaban J connectivity index is 1.12. The van der Waals surface area contributed by atoms with E-state index in [1.165, 1.54) is 94.4 Å². The monoisotopic (exact) mass is 1030 g/mol. The highest BCUT2D eigenvalue weighted by atomic mass is 16.3. The van der Waals surface area contributed by atoms with E-state index in [9.17, 15) is 0 Å². The van der Waals surface area contributed by atoms with Gasteiger partial charge in [-0.3, -0.25) is 0 Å². The average molecular weight is 1030 g/mol. The summed E-state index contributed by atoms with van der Waals surface area (Å²) < 4.78 is 8.96. The van der Waals surface area contributed by atoms with Crippen molar-refractivity contribution in [1.82, 2.24) is 4.57 Å². The van der Waals surface area contributed by atoms with Crippen LogP contribution in [0.3, 0.4) is 0 Å². The van der Waals surface area contributed by atoms with Crippen molar-refractivity contribution in [2.75, 3.05) is 9.80 Å². The van der Waals surface area contributed by atoms with E-state index < -0.39 is 0 Å². The van der Waals surface area contributed by atoms with Crippen LogP contribution in [0.5, 0.6) is 0 Å². The highest BCUT2D eigenvalue weighted by Gasteiger charge is 2.45. The third kappa shape index (κ3) is 8.32. The molecule has 0 amide bonds. The van der Waals surface area contributed by atoms with E-state index in [1.54, 1.807) is 0 Å². The number of para-hydroxylation sites is 1. The van der Waals surface area contributed by atoms with Crippen LogP contribution in [0.4, 0.5) is 34.1 Å². The van der Waals surface area contributed by atoms with Gasteiger partial charge in [-0.25, -0.2) is 0 Å². The van der Waals surface area contributed by atoms with Crippen LogP contribution in [0.15, 0.2) is 180 Å². The fraction of sp³-hybridized carbons (Fsp3) is 0.270. The van der Waals surface area contributed by atoms with E-state index in [0.29, 0.717) is 0 Å². The van der Waals surface area contributed by atoms with Crippen LogP contribution in [0.25, 0.3) is 60.6 Å². The number of rotatable bonds is 4. The molecule has 2 aliphatic heterocycles. The number of anilines is 6. The lowest BCUT2D eigenvalue weighted by molar-refractivity contribution is 0.589. The molecule has 0 N–H and O–H groups in total. The second-order valence-corrected chi connectivity index (χ2v) is 28.0. The Kier molecular flexibility index (Phi) is 11.2. The maximum atomic E-state index is 6.43. The number of nitrogens with zero attached hydrogens (tertiary/aromatic N) is 3. The summed E-state index contributed by atoms with van der Waals surface area (Å²) in [5.74, 6) is 0. The Labute approximate surface area is 468 Å². The first-order valence-corrected chi connectivity index (χ1v) is 28.6. The Morgan fingerprint density at radius 2 is 0.797 bits per heavy atom. The fourth-order valence-corrected chi connectivity index (χ4v) is 12.6. The zero-order valence-corrected chi connectivity index (χ0v) is 49.1. The molecule has 9 aromatic carbocycles. The zero-order valence-electron chi connectivity index (χ0n) is 49.1. The summed E-state index contributed by atoms with van der Waals surface area (Å²) in [6.45, 7) is 34.9. The Morgan fingerprint density at radius 3 is 1.41 bits per heavy atom. The van der Waals surface area contributed by atoms with E-state index >= 15 is 0 Å². The minimum Gasteiger partial charge on any atom is -0.456 e.